The number of halogens is 1. The van der Waals surface area contributed by atoms with Gasteiger partial charge in [-0.2, -0.15) is 0 Å². The lowest BCUT2D eigenvalue weighted by atomic mass is 9.96. The van der Waals surface area contributed by atoms with E-state index in [-0.39, 0.29) is 0 Å². The minimum absolute atomic E-state index is 0.621. The van der Waals surface area contributed by atoms with E-state index < -0.39 is 6.10 Å². The van der Waals surface area contributed by atoms with Gasteiger partial charge in [-0.1, -0.05) is 28.1 Å². The van der Waals surface area contributed by atoms with Gasteiger partial charge in [-0.05, 0) is 49.1 Å². The Kier molecular flexibility index (Phi) is 3.83. The van der Waals surface area contributed by atoms with Crippen molar-refractivity contribution in [1.82, 2.24) is 4.98 Å². The van der Waals surface area contributed by atoms with E-state index in [0.29, 0.717) is 0 Å². The summed E-state index contributed by atoms with van der Waals surface area (Å²) in [5.41, 5.74) is 5.08. The molecule has 94 valence electrons. The summed E-state index contributed by atoms with van der Waals surface area (Å²) in [6.07, 6.45) is 2.85. The molecule has 0 fully saturated rings. The van der Waals surface area contributed by atoms with Gasteiger partial charge in [0, 0.05) is 22.4 Å². The van der Waals surface area contributed by atoms with Crippen molar-refractivity contribution in [3.63, 3.8) is 0 Å². The van der Waals surface area contributed by atoms with E-state index in [0.717, 1.165) is 32.3 Å². The number of nitrogens with zero attached hydrogens (tertiary/aromatic N) is 1. The highest BCUT2D eigenvalue weighted by Gasteiger charge is 2.14. The Hall–Kier alpha value is -1.19. The Balaban J connectivity index is 2.47. The summed E-state index contributed by atoms with van der Waals surface area (Å²) in [4.78, 5) is 4.09. The zero-order valence-corrected chi connectivity index (χ0v) is 12.3. The summed E-state index contributed by atoms with van der Waals surface area (Å²) >= 11 is 3.54. The van der Waals surface area contributed by atoms with Gasteiger partial charge in [-0.25, -0.2) is 0 Å². The van der Waals surface area contributed by atoms with Crippen LogP contribution in [0.5, 0.6) is 0 Å². The molecule has 0 aliphatic carbocycles. The van der Waals surface area contributed by atoms with Crippen molar-refractivity contribution in [2.24, 2.45) is 0 Å². The highest BCUT2D eigenvalue weighted by Crippen LogP contribution is 2.29. The first-order valence-corrected chi connectivity index (χ1v) is 6.65. The van der Waals surface area contributed by atoms with E-state index in [9.17, 15) is 5.11 Å². The minimum Gasteiger partial charge on any atom is -0.384 e. The number of rotatable bonds is 2. The van der Waals surface area contributed by atoms with Gasteiger partial charge in [0.2, 0.25) is 0 Å². The fourth-order valence-electron chi connectivity index (χ4n) is 2.08. The molecule has 1 aromatic carbocycles. The van der Waals surface area contributed by atoms with E-state index in [1.807, 2.05) is 39.0 Å². The van der Waals surface area contributed by atoms with Gasteiger partial charge in [-0.15, -0.1) is 0 Å². The third kappa shape index (κ3) is 2.47. The van der Waals surface area contributed by atoms with Crippen LogP contribution in [-0.4, -0.2) is 10.1 Å². The van der Waals surface area contributed by atoms with E-state index in [1.165, 1.54) is 0 Å². The molecule has 1 atom stereocenters. The van der Waals surface area contributed by atoms with E-state index in [2.05, 4.69) is 20.9 Å². The van der Waals surface area contributed by atoms with Crippen LogP contribution < -0.4 is 0 Å². The Labute approximate surface area is 116 Å². The molecular formula is C15H16BrNO. The summed E-state index contributed by atoms with van der Waals surface area (Å²) < 4.78 is 1.10. The molecule has 0 spiro atoms. The Bertz CT molecular complexity index is 557. The number of aryl methyl sites for hydroxylation is 3. The van der Waals surface area contributed by atoms with Crippen LogP contribution >= 0.6 is 15.9 Å². The second-order valence-corrected chi connectivity index (χ2v) is 5.40. The molecule has 1 unspecified atom stereocenters. The molecule has 0 bridgehead atoms. The van der Waals surface area contributed by atoms with Crippen molar-refractivity contribution >= 4 is 15.9 Å². The molecule has 18 heavy (non-hydrogen) atoms. The highest BCUT2D eigenvalue weighted by molar-refractivity contribution is 9.10. The zero-order valence-electron chi connectivity index (χ0n) is 10.7. The molecule has 1 aromatic heterocycles. The molecule has 2 rings (SSSR count). The quantitative estimate of drug-likeness (QED) is 0.914. The third-order valence-electron chi connectivity index (χ3n) is 3.15. The molecule has 2 nitrogen and oxygen atoms in total. The van der Waals surface area contributed by atoms with Crippen LogP contribution in [0.2, 0.25) is 0 Å². The van der Waals surface area contributed by atoms with Crippen LogP contribution in [0, 0.1) is 20.8 Å². The summed E-state index contributed by atoms with van der Waals surface area (Å²) in [5.74, 6) is 0. The number of aromatic nitrogens is 1. The predicted octanol–water partition coefficient (Wildman–Crippen LogP) is 3.85. The zero-order chi connectivity index (χ0) is 13.3. The van der Waals surface area contributed by atoms with Crippen molar-refractivity contribution in [3.05, 3.63) is 62.9 Å². The first kappa shape index (κ1) is 13.2. The molecule has 0 aliphatic heterocycles. The van der Waals surface area contributed by atoms with E-state index >= 15 is 0 Å². The van der Waals surface area contributed by atoms with Gasteiger partial charge in [0.1, 0.15) is 6.10 Å². The molecule has 1 heterocycles. The van der Waals surface area contributed by atoms with Crippen molar-refractivity contribution in [3.8, 4) is 0 Å². The first-order chi connectivity index (χ1) is 8.50. The van der Waals surface area contributed by atoms with Crippen LogP contribution in [0.3, 0.4) is 0 Å². The summed E-state index contributed by atoms with van der Waals surface area (Å²) in [6.45, 7) is 6.05. The lowest BCUT2D eigenvalue weighted by Crippen LogP contribution is -2.03. The molecular weight excluding hydrogens is 290 g/mol. The average Bonchev–Trinajstić information content (AvgIpc) is 2.35. The summed E-state index contributed by atoms with van der Waals surface area (Å²) in [5, 5.41) is 10.5. The number of benzene rings is 1. The van der Waals surface area contributed by atoms with Crippen LogP contribution in [0.1, 0.15) is 33.9 Å². The maximum absolute atomic E-state index is 10.5. The van der Waals surface area contributed by atoms with Crippen LogP contribution in [0.4, 0.5) is 0 Å². The lowest BCUT2D eigenvalue weighted by molar-refractivity contribution is 0.219. The monoisotopic (exact) mass is 305 g/mol. The van der Waals surface area contributed by atoms with Gasteiger partial charge in [0.25, 0.3) is 0 Å². The largest absolute Gasteiger partial charge is 0.384 e. The fourth-order valence-corrected chi connectivity index (χ4v) is 2.31. The average molecular weight is 306 g/mol. The van der Waals surface area contributed by atoms with Crippen LogP contribution in [0.15, 0.2) is 35.1 Å². The van der Waals surface area contributed by atoms with Crippen molar-refractivity contribution in [2.75, 3.05) is 0 Å². The van der Waals surface area contributed by atoms with Gasteiger partial charge in [0.05, 0.1) is 0 Å². The van der Waals surface area contributed by atoms with Gasteiger partial charge < -0.3 is 5.11 Å². The Morgan fingerprint density at radius 3 is 2.28 bits per heavy atom. The maximum Gasteiger partial charge on any atom is 0.106 e. The normalized spacial score (nSPS) is 12.5. The number of hydrogen-bond acceptors (Lipinski definition) is 2. The Morgan fingerprint density at radius 1 is 1.11 bits per heavy atom. The van der Waals surface area contributed by atoms with Crippen LogP contribution in [0.25, 0.3) is 0 Å². The van der Waals surface area contributed by atoms with Crippen molar-refractivity contribution in [2.45, 2.75) is 26.9 Å². The third-order valence-corrected chi connectivity index (χ3v) is 4.40. The molecule has 0 amide bonds. The Morgan fingerprint density at radius 2 is 1.72 bits per heavy atom. The molecule has 0 saturated carbocycles. The molecule has 0 saturated heterocycles. The molecule has 0 aliphatic rings. The highest BCUT2D eigenvalue weighted by atomic mass is 79.9. The van der Waals surface area contributed by atoms with E-state index in [4.69, 9.17) is 0 Å². The SMILES string of the molecule is Cc1ccncc1C(O)c1cc(C)c(Br)c(C)c1. The summed E-state index contributed by atoms with van der Waals surface area (Å²) in [7, 11) is 0. The summed E-state index contributed by atoms with van der Waals surface area (Å²) in [6, 6.07) is 5.93. The molecule has 2 aromatic rings. The van der Waals surface area contributed by atoms with Gasteiger partial charge in [0.15, 0.2) is 0 Å². The number of aliphatic hydroxyl groups excluding tert-OH is 1. The number of aliphatic hydroxyl groups is 1. The number of hydrogen-bond donors (Lipinski definition) is 1. The van der Waals surface area contributed by atoms with Gasteiger partial charge >= 0.3 is 0 Å². The minimum atomic E-state index is -0.621. The number of pyridine rings is 1. The van der Waals surface area contributed by atoms with Crippen molar-refractivity contribution < 1.29 is 5.11 Å². The standard InChI is InChI=1S/C15H16BrNO/c1-9-4-5-17-8-13(9)15(18)12-6-10(2)14(16)11(3)7-12/h4-8,15,18H,1-3H3. The fraction of sp³-hybridized carbons (Fsp3) is 0.267. The van der Waals surface area contributed by atoms with Crippen LogP contribution in [-0.2, 0) is 0 Å². The predicted molar refractivity (Wildman–Crippen MR) is 76.7 cm³/mol. The topological polar surface area (TPSA) is 33.1 Å². The maximum atomic E-state index is 10.5. The lowest BCUT2D eigenvalue weighted by Gasteiger charge is -2.16. The van der Waals surface area contributed by atoms with E-state index in [1.54, 1.807) is 12.4 Å². The molecule has 3 heteroatoms. The second-order valence-electron chi connectivity index (χ2n) is 4.60. The smallest absolute Gasteiger partial charge is 0.106 e. The second kappa shape index (κ2) is 5.21. The molecule has 1 N–H and O–H groups in total. The van der Waals surface area contributed by atoms with Crippen molar-refractivity contribution in [1.29, 1.82) is 0 Å². The van der Waals surface area contributed by atoms with Gasteiger partial charge in [-0.3, -0.25) is 4.98 Å². The molecule has 0 radical (unpaired) electrons. The first-order valence-electron chi connectivity index (χ1n) is 5.86.